The molecule has 172 valence electrons. The van der Waals surface area contributed by atoms with Crippen LogP contribution >= 0.6 is 23.2 Å². The monoisotopic (exact) mass is 494 g/mol. The Labute approximate surface area is 202 Å². The van der Waals surface area contributed by atoms with Crippen molar-refractivity contribution in [3.05, 3.63) is 82.5 Å². The SMILES string of the molecule is CC.COc1cc(Cl)cc(Cl)c1.CS(=O)CCNC(=O)c1cccc(-c2ccccn2)c1. The van der Waals surface area contributed by atoms with Gasteiger partial charge in [-0.15, -0.1) is 0 Å². The average Bonchev–Trinajstić information content (AvgIpc) is 2.80. The molecule has 0 saturated carbocycles. The van der Waals surface area contributed by atoms with Gasteiger partial charge in [-0.3, -0.25) is 14.0 Å². The highest BCUT2D eigenvalue weighted by atomic mass is 35.5. The number of aromatic nitrogens is 1. The lowest BCUT2D eigenvalue weighted by atomic mass is 10.1. The summed E-state index contributed by atoms with van der Waals surface area (Å²) in [7, 11) is 0.674. The largest absolute Gasteiger partial charge is 0.497 e. The number of methoxy groups -OCH3 is 1. The summed E-state index contributed by atoms with van der Waals surface area (Å²) in [5.74, 6) is 0.983. The van der Waals surface area contributed by atoms with E-state index in [9.17, 15) is 9.00 Å². The molecule has 3 rings (SSSR count). The Morgan fingerprint density at radius 3 is 2.28 bits per heavy atom. The first kappa shape index (κ1) is 27.6. The third-order valence-electron chi connectivity index (χ3n) is 3.83. The van der Waals surface area contributed by atoms with E-state index in [0.29, 0.717) is 33.7 Å². The molecule has 32 heavy (non-hydrogen) atoms. The number of benzene rings is 2. The minimum Gasteiger partial charge on any atom is -0.497 e. The van der Waals surface area contributed by atoms with Gasteiger partial charge in [-0.1, -0.05) is 55.2 Å². The van der Waals surface area contributed by atoms with Crippen LogP contribution in [0.3, 0.4) is 0 Å². The summed E-state index contributed by atoms with van der Waals surface area (Å²) in [6, 6.07) is 18.0. The van der Waals surface area contributed by atoms with Crippen molar-refractivity contribution in [3.63, 3.8) is 0 Å². The molecule has 1 atom stereocenters. The number of hydrogen-bond acceptors (Lipinski definition) is 4. The second-order valence-corrected chi connectivity index (χ2v) is 8.57. The molecule has 0 aliphatic carbocycles. The van der Waals surface area contributed by atoms with Crippen molar-refractivity contribution < 1.29 is 13.7 Å². The lowest BCUT2D eigenvalue weighted by molar-refractivity contribution is 0.0956. The molecule has 0 aliphatic rings. The second kappa shape index (κ2) is 15.4. The highest BCUT2D eigenvalue weighted by molar-refractivity contribution is 7.84. The Morgan fingerprint density at radius 2 is 1.72 bits per heavy atom. The summed E-state index contributed by atoms with van der Waals surface area (Å²) < 4.78 is 15.9. The highest BCUT2D eigenvalue weighted by Crippen LogP contribution is 2.23. The summed E-state index contributed by atoms with van der Waals surface area (Å²) in [6.07, 6.45) is 3.34. The fourth-order valence-corrected chi connectivity index (χ4v) is 3.31. The van der Waals surface area contributed by atoms with Crippen LogP contribution in [0.1, 0.15) is 24.2 Å². The maximum absolute atomic E-state index is 12.0. The van der Waals surface area contributed by atoms with Crippen LogP contribution in [0.15, 0.2) is 66.9 Å². The second-order valence-electron chi connectivity index (χ2n) is 6.14. The molecule has 5 nitrogen and oxygen atoms in total. The van der Waals surface area contributed by atoms with E-state index in [1.807, 2.05) is 44.2 Å². The summed E-state index contributed by atoms with van der Waals surface area (Å²) in [5.41, 5.74) is 2.31. The van der Waals surface area contributed by atoms with Crippen LogP contribution in [0.4, 0.5) is 0 Å². The molecule has 3 aromatic rings. The number of pyridine rings is 1. The fraction of sp³-hybridized carbons (Fsp3) is 0.250. The number of carbonyl (C=O) groups is 1. The van der Waals surface area contributed by atoms with Crippen LogP contribution < -0.4 is 10.1 Å². The average molecular weight is 495 g/mol. The van der Waals surface area contributed by atoms with Gasteiger partial charge >= 0.3 is 0 Å². The molecule has 2 aromatic carbocycles. The molecule has 0 radical (unpaired) electrons. The first-order valence-electron chi connectivity index (χ1n) is 9.99. The quantitative estimate of drug-likeness (QED) is 0.464. The lowest BCUT2D eigenvalue weighted by Gasteiger charge is -2.06. The van der Waals surface area contributed by atoms with Gasteiger partial charge in [-0.2, -0.15) is 0 Å². The van der Waals surface area contributed by atoms with Crippen molar-refractivity contribution in [2.45, 2.75) is 13.8 Å². The lowest BCUT2D eigenvalue weighted by Crippen LogP contribution is -2.27. The Hall–Kier alpha value is -2.41. The van der Waals surface area contributed by atoms with Crippen molar-refractivity contribution in [1.29, 1.82) is 0 Å². The number of nitrogens with one attached hydrogen (secondary N) is 1. The molecule has 0 bridgehead atoms. The van der Waals surface area contributed by atoms with Gasteiger partial charge in [-0.05, 0) is 42.5 Å². The van der Waals surface area contributed by atoms with Gasteiger partial charge in [0.2, 0.25) is 0 Å². The number of carbonyl (C=O) groups excluding carboxylic acids is 1. The van der Waals surface area contributed by atoms with Gasteiger partial charge in [-0.25, -0.2) is 0 Å². The van der Waals surface area contributed by atoms with Gasteiger partial charge in [0.15, 0.2) is 0 Å². The Morgan fingerprint density at radius 1 is 1.03 bits per heavy atom. The number of hydrogen-bond donors (Lipinski definition) is 1. The minimum atomic E-state index is -0.897. The van der Waals surface area contributed by atoms with E-state index in [-0.39, 0.29) is 5.91 Å². The summed E-state index contributed by atoms with van der Waals surface area (Å²) in [4.78, 5) is 16.2. The molecule has 1 aromatic heterocycles. The number of ether oxygens (including phenoxy) is 1. The fourth-order valence-electron chi connectivity index (χ4n) is 2.41. The van der Waals surface area contributed by atoms with Crippen molar-refractivity contribution >= 4 is 39.9 Å². The van der Waals surface area contributed by atoms with Crippen molar-refractivity contribution in [1.82, 2.24) is 10.3 Å². The van der Waals surface area contributed by atoms with E-state index >= 15 is 0 Å². The first-order chi connectivity index (χ1) is 15.4. The number of amides is 1. The van der Waals surface area contributed by atoms with E-state index in [2.05, 4.69) is 10.3 Å². The molecule has 0 spiro atoms. The van der Waals surface area contributed by atoms with E-state index in [0.717, 1.165) is 11.3 Å². The normalized spacial score (nSPS) is 10.6. The van der Waals surface area contributed by atoms with Crippen molar-refractivity contribution in [3.8, 4) is 17.0 Å². The molecule has 0 saturated heterocycles. The van der Waals surface area contributed by atoms with Crippen LogP contribution in [0.25, 0.3) is 11.3 Å². The smallest absolute Gasteiger partial charge is 0.251 e. The third-order valence-corrected chi connectivity index (χ3v) is 5.05. The summed E-state index contributed by atoms with van der Waals surface area (Å²) in [5, 5.41) is 3.93. The zero-order chi connectivity index (χ0) is 23.9. The van der Waals surface area contributed by atoms with E-state index in [4.69, 9.17) is 27.9 Å². The Bertz CT molecular complexity index is 981. The maximum Gasteiger partial charge on any atom is 0.251 e. The molecular formula is C24H28Cl2N2O3S. The standard InChI is InChI=1S/C15H16N2O2S.C7H6Cl2O.C2H6/c1-20(19)10-9-17-15(18)13-6-4-5-12(11-13)14-7-2-3-8-16-14;1-10-7-3-5(8)2-6(9)4-7;1-2/h2-8,11H,9-10H2,1H3,(H,17,18);2-4H,1H3;1-2H3. The van der Waals surface area contributed by atoms with Crippen LogP contribution in [0.5, 0.6) is 5.75 Å². The zero-order valence-electron chi connectivity index (χ0n) is 18.6. The van der Waals surface area contributed by atoms with Crippen LogP contribution in [-0.2, 0) is 10.8 Å². The first-order valence-corrected chi connectivity index (χ1v) is 12.5. The molecule has 0 fully saturated rings. The number of halogens is 2. The maximum atomic E-state index is 12.0. The van der Waals surface area contributed by atoms with E-state index in [1.54, 1.807) is 49.9 Å². The zero-order valence-corrected chi connectivity index (χ0v) is 20.9. The van der Waals surface area contributed by atoms with Crippen LogP contribution in [0, 0.1) is 0 Å². The Kier molecular flexibility index (Phi) is 13.3. The molecule has 0 aliphatic heterocycles. The van der Waals surface area contributed by atoms with Crippen LogP contribution in [0.2, 0.25) is 10.0 Å². The predicted molar refractivity (Wildman–Crippen MR) is 135 cm³/mol. The molecule has 1 N–H and O–H groups in total. The third kappa shape index (κ3) is 10.3. The molecule has 8 heteroatoms. The van der Waals surface area contributed by atoms with Crippen molar-refractivity contribution in [2.75, 3.05) is 25.7 Å². The van der Waals surface area contributed by atoms with E-state index in [1.165, 1.54) is 0 Å². The molecule has 1 amide bonds. The van der Waals surface area contributed by atoms with Gasteiger partial charge in [0.25, 0.3) is 5.91 Å². The number of nitrogens with zero attached hydrogens (tertiary/aromatic N) is 1. The molecular weight excluding hydrogens is 467 g/mol. The molecule has 1 heterocycles. The topological polar surface area (TPSA) is 68.3 Å². The minimum absolute atomic E-state index is 0.159. The molecule has 1 unspecified atom stereocenters. The summed E-state index contributed by atoms with van der Waals surface area (Å²) in [6.45, 7) is 4.41. The Balaban J connectivity index is 0.000000358. The summed E-state index contributed by atoms with van der Waals surface area (Å²) >= 11 is 11.3. The van der Waals surface area contributed by atoms with Crippen LogP contribution in [-0.4, -0.2) is 40.8 Å². The highest BCUT2D eigenvalue weighted by Gasteiger charge is 2.07. The van der Waals surface area contributed by atoms with E-state index < -0.39 is 10.8 Å². The van der Waals surface area contributed by atoms with Gasteiger partial charge in [0, 0.05) is 56.7 Å². The van der Waals surface area contributed by atoms with Crippen molar-refractivity contribution in [2.24, 2.45) is 0 Å². The predicted octanol–water partition coefficient (Wildman–Crippen LogP) is 5.89. The number of rotatable bonds is 6. The van der Waals surface area contributed by atoms with Gasteiger partial charge < -0.3 is 10.1 Å². The van der Waals surface area contributed by atoms with Gasteiger partial charge in [0.1, 0.15) is 5.75 Å². The van der Waals surface area contributed by atoms with Gasteiger partial charge in [0.05, 0.1) is 12.8 Å².